The van der Waals surface area contributed by atoms with E-state index in [-0.39, 0.29) is 33.1 Å². The van der Waals surface area contributed by atoms with Crippen LogP contribution in [0.1, 0.15) is 29.9 Å². The Balaban J connectivity index is 2.40. The molecule has 1 heterocycles. The molecule has 0 atom stereocenters. The molecule has 0 aliphatic rings. The summed E-state index contributed by atoms with van der Waals surface area (Å²) in [7, 11) is 0. The van der Waals surface area contributed by atoms with Gasteiger partial charge in [0.2, 0.25) is 0 Å². The second kappa shape index (κ2) is 10.7. The second-order valence-electron chi connectivity index (χ2n) is 6.73. The Labute approximate surface area is 188 Å². The third-order valence-electron chi connectivity index (χ3n) is 4.32. The highest BCUT2D eigenvalue weighted by atomic mass is 35.5. The maximum atomic E-state index is 11.1. The first kappa shape index (κ1) is 24.0. The van der Waals surface area contributed by atoms with Gasteiger partial charge in [-0.15, -0.1) is 21.6 Å². The summed E-state index contributed by atoms with van der Waals surface area (Å²) < 4.78 is 0. The van der Waals surface area contributed by atoms with Crippen molar-refractivity contribution < 1.29 is 15.0 Å². The van der Waals surface area contributed by atoms with E-state index in [1.54, 1.807) is 12.1 Å². The molecule has 2 aromatic rings. The van der Waals surface area contributed by atoms with Crippen molar-refractivity contribution in [3.63, 3.8) is 0 Å². The molecule has 2 rings (SSSR count). The molecule has 0 aliphatic heterocycles. The standard InChI is InChI=1S/C21H20ClN5O3S/c1-12(2)27(6-7-28)15-4-5-17(13(3)8-15)25-26-20-16(11-24)19(22)18(31-20)9-14(10-23)21(29)30/h4-5,8-9,12,28H,6-7H2,1-3H3,(H,29,30)/b14-9+,26-25?. The highest BCUT2D eigenvalue weighted by Crippen LogP contribution is 2.41. The van der Waals surface area contributed by atoms with Crippen LogP contribution in [0.2, 0.25) is 5.02 Å². The fourth-order valence-electron chi connectivity index (χ4n) is 2.77. The van der Waals surface area contributed by atoms with Crippen LogP contribution in [0.5, 0.6) is 0 Å². The number of benzene rings is 1. The number of nitrogens with zero attached hydrogens (tertiary/aromatic N) is 5. The number of anilines is 1. The fraction of sp³-hybridized carbons (Fsp3) is 0.286. The smallest absolute Gasteiger partial charge is 0.346 e. The zero-order chi connectivity index (χ0) is 23.1. The molecule has 160 valence electrons. The van der Waals surface area contributed by atoms with Crippen molar-refractivity contribution in [1.29, 1.82) is 10.5 Å². The Morgan fingerprint density at radius 2 is 2.06 bits per heavy atom. The van der Waals surface area contributed by atoms with Gasteiger partial charge >= 0.3 is 5.97 Å². The average Bonchev–Trinajstić information content (AvgIpc) is 3.03. The van der Waals surface area contributed by atoms with Gasteiger partial charge in [0.25, 0.3) is 0 Å². The molecule has 8 nitrogen and oxygen atoms in total. The van der Waals surface area contributed by atoms with Crippen LogP contribution < -0.4 is 4.90 Å². The van der Waals surface area contributed by atoms with Gasteiger partial charge in [0.05, 0.1) is 22.2 Å². The van der Waals surface area contributed by atoms with Crippen molar-refractivity contribution >= 4 is 51.4 Å². The monoisotopic (exact) mass is 457 g/mol. The number of nitriles is 2. The lowest BCUT2D eigenvalue weighted by atomic mass is 10.1. The van der Waals surface area contributed by atoms with E-state index in [9.17, 15) is 15.2 Å². The molecule has 1 aromatic heterocycles. The maximum Gasteiger partial charge on any atom is 0.346 e. The Hall–Kier alpha value is -3.24. The Morgan fingerprint density at radius 1 is 1.35 bits per heavy atom. The zero-order valence-corrected chi connectivity index (χ0v) is 18.7. The first-order valence-electron chi connectivity index (χ1n) is 9.20. The molecule has 0 amide bonds. The van der Waals surface area contributed by atoms with Gasteiger partial charge in [-0.2, -0.15) is 10.5 Å². The van der Waals surface area contributed by atoms with Gasteiger partial charge in [0.1, 0.15) is 23.3 Å². The number of carboxylic acids is 1. The third-order valence-corrected chi connectivity index (χ3v) is 5.84. The summed E-state index contributed by atoms with van der Waals surface area (Å²) in [5, 5.41) is 45.2. The van der Waals surface area contributed by atoms with E-state index in [1.807, 2.05) is 39.0 Å². The van der Waals surface area contributed by atoms with E-state index in [1.165, 1.54) is 0 Å². The van der Waals surface area contributed by atoms with Crippen molar-refractivity contribution in [2.24, 2.45) is 10.2 Å². The van der Waals surface area contributed by atoms with E-state index in [2.05, 4.69) is 15.1 Å². The SMILES string of the molecule is Cc1cc(N(CCO)C(C)C)ccc1N=Nc1sc(/C=C(\C#N)C(=O)O)c(Cl)c1C#N. The molecular weight excluding hydrogens is 438 g/mol. The number of aryl methyl sites for hydroxylation is 1. The fourth-order valence-corrected chi connectivity index (χ4v) is 4.04. The Morgan fingerprint density at radius 3 is 2.58 bits per heavy atom. The van der Waals surface area contributed by atoms with Crippen molar-refractivity contribution in [1.82, 2.24) is 0 Å². The number of azo groups is 1. The summed E-state index contributed by atoms with van der Waals surface area (Å²) in [6.45, 7) is 6.50. The first-order chi connectivity index (χ1) is 14.7. The lowest BCUT2D eigenvalue weighted by Crippen LogP contribution is -2.33. The Kier molecular flexibility index (Phi) is 8.29. The predicted molar refractivity (Wildman–Crippen MR) is 120 cm³/mol. The lowest BCUT2D eigenvalue weighted by molar-refractivity contribution is -0.132. The third kappa shape index (κ3) is 5.68. The highest BCUT2D eigenvalue weighted by Gasteiger charge is 2.18. The van der Waals surface area contributed by atoms with Crippen LogP contribution in [0.25, 0.3) is 6.08 Å². The summed E-state index contributed by atoms with van der Waals surface area (Å²) in [6, 6.07) is 9.34. The molecule has 0 fully saturated rings. The molecule has 31 heavy (non-hydrogen) atoms. The number of rotatable bonds is 8. The summed E-state index contributed by atoms with van der Waals surface area (Å²) in [5.74, 6) is -1.39. The van der Waals surface area contributed by atoms with Gasteiger partial charge in [0.15, 0.2) is 5.00 Å². The van der Waals surface area contributed by atoms with Gasteiger partial charge < -0.3 is 15.1 Å². The number of hydrogen-bond donors (Lipinski definition) is 2. The number of thiophene rings is 1. The van der Waals surface area contributed by atoms with E-state index in [0.717, 1.165) is 28.7 Å². The number of carboxylic acid groups (broad SMARTS) is 1. The number of aliphatic hydroxyl groups excluding tert-OH is 1. The molecule has 0 bridgehead atoms. The largest absolute Gasteiger partial charge is 0.477 e. The normalized spacial score (nSPS) is 11.5. The van der Waals surface area contributed by atoms with Crippen LogP contribution in [0.4, 0.5) is 16.4 Å². The molecule has 0 saturated heterocycles. The molecule has 0 saturated carbocycles. The van der Waals surface area contributed by atoms with Crippen molar-refractivity contribution in [2.45, 2.75) is 26.8 Å². The van der Waals surface area contributed by atoms with Crippen LogP contribution in [0.3, 0.4) is 0 Å². The number of carbonyl (C=O) groups is 1. The van der Waals surface area contributed by atoms with Gasteiger partial charge in [-0.05, 0) is 50.6 Å². The number of aliphatic hydroxyl groups is 1. The van der Waals surface area contributed by atoms with Gasteiger partial charge in [-0.25, -0.2) is 4.79 Å². The van der Waals surface area contributed by atoms with Crippen LogP contribution in [-0.4, -0.2) is 35.4 Å². The Bertz CT molecular complexity index is 1130. The van der Waals surface area contributed by atoms with E-state index < -0.39 is 11.5 Å². The number of halogens is 1. The van der Waals surface area contributed by atoms with E-state index >= 15 is 0 Å². The van der Waals surface area contributed by atoms with Gasteiger partial charge in [-0.3, -0.25) is 0 Å². The maximum absolute atomic E-state index is 11.1. The van der Waals surface area contributed by atoms with Crippen molar-refractivity contribution in [2.75, 3.05) is 18.1 Å². The minimum atomic E-state index is -1.39. The van der Waals surface area contributed by atoms with Crippen LogP contribution >= 0.6 is 22.9 Å². The summed E-state index contributed by atoms with van der Waals surface area (Å²) in [5.41, 5.74) is 1.95. The summed E-state index contributed by atoms with van der Waals surface area (Å²) >= 11 is 7.15. The molecule has 2 N–H and O–H groups in total. The van der Waals surface area contributed by atoms with Crippen LogP contribution in [0.15, 0.2) is 34.0 Å². The molecule has 0 unspecified atom stereocenters. The minimum absolute atomic E-state index is 0.0269. The first-order valence-corrected chi connectivity index (χ1v) is 10.4. The molecular formula is C21H20ClN5O3S. The molecule has 0 spiro atoms. The quantitative estimate of drug-likeness (QED) is 0.318. The second-order valence-corrected chi connectivity index (χ2v) is 8.14. The molecule has 1 aromatic carbocycles. The highest BCUT2D eigenvalue weighted by molar-refractivity contribution is 7.17. The number of hydrogen-bond acceptors (Lipinski definition) is 8. The molecule has 10 heteroatoms. The average molecular weight is 458 g/mol. The van der Waals surface area contributed by atoms with Crippen molar-refractivity contribution in [3.05, 3.63) is 44.8 Å². The zero-order valence-electron chi connectivity index (χ0n) is 17.1. The minimum Gasteiger partial charge on any atom is -0.477 e. The predicted octanol–water partition coefficient (Wildman–Crippen LogP) is 5.20. The summed E-state index contributed by atoms with van der Waals surface area (Å²) in [4.78, 5) is 13.4. The topological polar surface area (TPSA) is 133 Å². The van der Waals surface area contributed by atoms with E-state index in [4.69, 9.17) is 22.0 Å². The van der Waals surface area contributed by atoms with E-state index in [0.29, 0.717) is 12.2 Å². The van der Waals surface area contributed by atoms with Crippen molar-refractivity contribution in [3.8, 4) is 12.1 Å². The van der Waals surface area contributed by atoms with Gasteiger partial charge in [-0.1, -0.05) is 11.6 Å². The van der Waals surface area contributed by atoms with Crippen LogP contribution in [-0.2, 0) is 4.79 Å². The number of aliphatic carboxylic acids is 1. The molecule has 0 aliphatic carbocycles. The van der Waals surface area contributed by atoms with Gasteiger partial charge in [0, 0.05) is 18.3 Å². The summed E-state index contributed by atoms with van der Waals surface area (Å²) in [6.07, 6.45) is 1.11. The molecule has 0 radical (unpaired) electrons. The van der Waals surface area contributed by atoms with Crippen LogP contribution in [0, 0.1) is 29.6 Å². The lowest BCUT2D eigenvalue weighted by Gasteiger charge is -2.28.